The van der Waals surface area contributed by atoms with Crippen molar-refractivity contribution in [2.45, 2.75) is 39.3 Å². The van der Waals surface area contributed by atoms with E-state index >= 15 is 0 Å². The first-order chi connectivity index (χ1) is 9.73. The van der Waals surface area contributed by atoms with Crippen molar-refractivity contribution < 1.29 is 18.8 Å². The average Bonchev–Trinajstić information content (AvgIpc) is 2.73. The lowest BCUT2D eigenvalue weighted by Crippen LogP contribution is -2.40. The number of carbonyl (C=O) groups is 2. The summed E-state index contributed by atoms with van der Waals surface area (Å²) in [6.07, 6.45) is -0.135. The molecule has 0 radical (unpaired) electrons. The van der Waals surface area contributed by atoms with Gasteiger partial charge in [-0.25, -0.2) is 9.59 Å². The van der Waals surface area contributed by atoms with E-state index in [0.29, 0.717) is 29.0 Å². The first kappa shape index (κ1) is 15.1. The standard InChI is InChI=1S/C13H19N3O5/c1-13(2,3)20-12(19)15-6-5-8-9(7-15)21-16(10(8)17)11(18)14-4/h5-7H2,1-4H3,(H,14,18). The average molecular weight is 297 g/mol. The third kappa shape index (κ3) is 3.09. The van der Waals surface area contributed by atoms with Crippen molar-refractivity contribution in [2.24, 2.45) is 0 Å². The second-order valence-corrected chi connectivity index (χ2v) is 5.80. The molecule has 1 aromatic rings. The minimum atomic E-state index is -0.641. The molecule has 0 saturated heterocycles. The van der Waals surface area contributed by atoms with Gasteiger partial charge in [-0.2, -0.15) is 0 Å². The molecule has 2 amide bonds. The summed E-state index contributed by atoms with van der Waals surface area (Å²) in [5.74, 6) is 0.320. The first-order valence-electron chi connectivity index (χ1n) is 6.67. The predicted molar refractivity (Wildman–Crippen MR) is 73.2 cm³/mol. The summed E-state index contributed by atoms with van der Waals surface area (Å²) >= 11 is 0. The highest BCUT2D eigenvalue weighted by molar-refractivity contribution is 5.75. The number of carbonyl (C=O) groups excluding carboxylic acids is 2. The zero-order chi connectivity index (χ0) is 15.8. The number of fused-ring (bicyclic) bond motifs is 1. The normalized spacial score (nSPS) is 14.6. The third-order valence-corrected chi connectivity index (χ3v) is 3.00. The van der Waals surface area contributed by atoms with Crippen molar-refractivity contribution in [2.75, 3.05) is 13.6 Å². The topological polar surface area (TPSA) is 93.8 Å². The Kier molecular flexibility index (Phi) is 3.80. The molecule has 0 spiro atoms. The smallest absolute Gasteiger partial charge is 0.410 e. The van der Waals surface area contributed by atoms with Crippen LogP contribution in [-0.4, -0.2) is 41.0 Å². The van der Waals surface area contributed by atoms with Crippen LogP contribution in [0, 0.1) is 0 Å². The number of ether oxygens (including phenoxy) is 1. The molecule has 1 aliphatic rings. The van der Waals surface area contributed by atoms with Gasteiger partial charge in [0.25, 0.3) is 5.56 Å². The first-order valence-corrected chi connectivity index (χ1v) is 6.67. The SMILES string of the molecule is CNC(=O)n1oc2c(c1=O)CCN(C(=O)OC(C)(C)C)C2. The van der Waals surface area contributed by atoms with Crippen molar-refractivity contribution in [3.05, 3.63) is 21.7 Å². The Bertz CT molecular complexity index is 623. The van der Waals surface area contributed by atoms with Crippen LogP contribution in [0.1, 0.15) is 32.1 Å². The van der Waals surface area contributed by atoms with Crippen LogP contribution >= 0.6 is 0 Å². The van der Waals surface area contributed by atoms with Gasteiger partial charge in [0.2, 0.25) is 0 Å². The number of amides is 2. The van der Waals surface area contributed by atoms with Crippen molar-refractivity contribution in [3.63, 3.8) is 0 Å². The molecule has 1 aliphatic heterocycles. The summed E-state index contributed by atoms with van der Waals surface area (Å²) < 4.78 is 11.2. The molecule has 0 atom stereocenters. The molecule has 2 heterocycles. The Balaban J connectivity index is 2.20. The second kappa shape index (κ2) is 5.27. The van der Waals surface area contributed by atoms with Gasteiger partial charge in [-0.1, -0.05) is 4.74 Å². The predicted octanol–water partition coefficient (Wildman–Crippen LogP) is 0.922. The van der Waals surface area contributed by atoms with E-state index in [-0.39, 0.29) is 6.54 Å². The lowest BCUT2D eigenvalue weighted by atomic mass is 10.1. The molecule has 8 heteroatoms. The summed E-state index contributed by atoms with van der Waals surface area (Å²) in [6, 6.07) is -0.641. The Labute approximate surface area is 121 Å². The largest absolute Gasteiger partial charge is 0.444 e. The van der Waals surface area contributed by atoms with E-state index in [9.17, 15) is 14.4 Å². The molecule has 116 valence electrons. The quantitative estimate of drug-likeness (QED) is 0.768. The number of nitrogens with zero attached hydrogens (tertiary/aromatic N) is 2. The maximum atomic E-state index is 12.0. The van der Waals surface area contributed by atoms with Crippen molar-refractivity contribution in [1.29, 1.82) is 0 Å². The summed E-state index contributed by atoms with van der Waals surface area (Å²) in [7, 11) is 1.41. The minimum Gasteiger partial charge on any atom is -0.444 e. The van der Waals surface area contributed by atoms with Gasteiger partial charge < -0.3 is 19.5 Å². The van der Waals surface area contributed by atoms with Crippen LogP contribution in [0.5, 0.6) is 0 Å². The van der Waals surface area contributed by atoms with Gasteiger partial charge in [-0.3, -0.25) is 4.79 Å². The van der Waals surface area contributed by atoms with Crippen molar-refractivity contribution >= 4 is 12.1 Å². The Hall–Kier alpha value is -2.25. The maximum Gasteiger partial charge on any atom is 0.410 e. The number of aromatic nitrogens is 1. The number of rotatable bonds is 0. The number of nitrogens with one attached hydrogen (secondary N) is 1. The molecule has 0 aromatic carbocycles. The van der Waals surface area contributed by atoms with Crippen LogP contribution in [0.2, 0.25) is 0 Å². The zero-order valence-corrected chi connectivity index (χ0v) is 12.6. The molecule has 0 unspecified atom stereocenters. The van der Waals surface area contributed by atoms with Crippen LogP contribution in [0.15, 0.2) is 9.32 Å². The molecular weight excluding hydrogens is 278 g/mol. The fourth-order valence-electron chi connectivity index (χ4n) is 2.04. The second-order valence-electron chi connectivity index (χ2n) is 5.80. The summed E-state index contributed by atoms with van der Waals surface area (Å²) in [6.45, 7) is 5.81. The molecule has 0 fully saturated rings. The summed E-state index contributed by atoms with van der Waals surface area (Å²) in [5, 5.41) is 2.32. The van der Waals surface area contributed by atoms with Crippen LogP contribution in [0.4, 0.5) is 9.59 Å². The molecule has 0 bridgehead atoms. The van der Waals surface area contributed by atoms with Gasteiger partial charge >= 0.3 is 12.1 Å². The van der Waals surface area contributed by atoms with E-state index in [2.05, 4.69) is 5.32 Å². The maximum absolute atomic E-state index is 12.0. The van der Waals surface area contributed by atoms with Gasteiger partial charge in [0.1, 0.15) is 5.60 Å². The number of hydrogen-bond acceptors (Lipinski definition) is 5. The molecule has 8 nitrogen and oxygen atoms in total. The third-order valence-electron chi connectivity index (χ3n) is 3.00. The molecular formula is C13H19N3O5. The van der Waals surface area contributed by atoms with Crippen molar-refractivity contribution in [1.82, 2.24) is 15.0 Å². The Morgan fingerprint density at radius 1 is 1.33 bits per heavy atom. The molecule has 0 saturated carbocycles. The van der Waals surface area contributed by atoms with Gasteiger partial charge in [0.15, 0.2) is 5.76 Å². The van der Waals surface area contributed by atoms with E-state index in [1.54, 1.807) is 20.8 Å². The lowest BCUT2D eigenvalue weighted by molar-refractivity contribution is 0.0203. The molecule has 0 aliphatic carbocycles. The number of hydrogen-bond donors (Lipinski definition) is 1. The van der Waals surface area contributed by atoms with E-state index in [0.717, 1.165) is 0 Å². The Morgan fingerprint density at radius 2 is 2.00 bits per heavy atom. The van der Waals surface area contributed by atoms with Gasteiger partial charge in [0, 0.05) is 13.6 Å². The Morgan fingerprint density at radius 3 is 2.57 bits per heavy atom. The zero-order valence-electron chi connectivity index (χ0n) is 12.6. The van der Waals surface area contributed by atoms with E-state index in [1.165, 1.54) is 11.9 Å². The lowest BCUT2D eigenvalue weighted by Gasteiger charge is -2.28. The van der Waals surface area contributed by atoms with Crippen LogP contribution in [0.3, 0.4) is 0 Å². The van der Waals surface area contributed by atoms with E-state index < -0.39 is 23.3 Å². The van der Waals surface area contributed by atoms with E-state index in [1.807, 2.05) is 0 Å². The van der Waals surface area contributed by atoms with Crippen LogP contribution in [0.25, 0.3) is 0 Å². The molecule has 1 N–H and O–H groups in total. The summed E-state index contributed by atoms with van der Waals surface area (Å²) in [5.41, 5.74) is -0.640. The van der Waals surface area contributed by atoms with Gasteiger partial charge in [-0.15, -0.1) is 0 Å². The molecule has 2 rings (SSSR count). The fourth-order valence-corrected chi connectivity index (χ4v) is 2.04. The van der Waals surface area contributed by atoms with Crippen LogP contribution in [-0.2, 0) is 17.7 Å². The van der Waals surface area contributed by atoms with Gasteiger partial charge in [0.05, 0.1) is 12.1 Å². The highest BCUT2D eigenvalue weighted by Crippen LogP contribution is 2.19. The molecule has 1 aromatic heterocycles. The summed E-state index contributed by atoms with van der Waals surface area (Å²) in [4.78, 5) is 37.0. The van der Waals surface area contributed by atoms with Gasteiger partial charge in [-0.05, 0) is 27.2 Å². The molecule has 21 heavy (non-hydrogen) atoms. The highest BCUT2D eigenvalue weighted by Gasteiger charge is 2.31. The monoisotopic (exact) mass is 297 g/mol. The fraction of sp³-hybridized carbons (Fsp3) is 0.615. The highest BCUT2D eigenvalue weighted by atomic mass is 16.6. The van der Waals surface area contributed by atoms with Crippen LogP contribution < -0.4 is 10.9 Å². The minimum absolute atomic E-state index is 0.115. The van der Waals surface area contributed by atoms with E-state index in [4.69, 9.17) is 9.26 Å². The van der Waals surface area contributed by atoms with Crippen molar-refractivity contribution in [3.8, 4) is 0 Å².